The van der Waals surface area contributed by atoms with E-state index in [2.05, 4.69) is 6.92 Å². The SMILES string of the molecule is [CH2]C(F)n1cc(C(=O)O)c(=O)c2ccccc21. The second kappa shape index (κ2) is 4.01. The molecule has 1 N–H and O–H groups in total. The maximum Gasteiger partial charge on any atom is 0.341 e. The molecular formula is C12H9FNO3. The number of hydrogen-bond acceptors (Lipinski definition) is 2. The minimum absolute atomic E-state index is 0.165. The van der Waals surface area contributed by atoms with Crippen LogP contribution in [0.2, 0.25) is 0 Å². The quantitative estimate of drug-likeness (QED) is 0.864. The van der Waals surface area contributed by atoms with Crippen molar-refractivity contribution in [2.75, 3.05) is 0 Å². The molecule has 87 valence electrons. The molecule has 0 fully saturated rings. The number of aromatic carboxylic acids is 1. The van der Waals surface area contributed by atoms with E-state index < -0.39 is 23.3 Å². The lowest BCUT2D eigenvalue weighted by Gasteiger charge is -2.12. The van der Waals surface area contributed by atoms with Crippen molar-refractivity contribution in [1.29, 1.82) is 0 Å². The monoisotopic (exact) mass is 234 g/mol. The van der Waals surface area contributed by atoms with Crippen molar-refractivity contribution in [2.45, 2.75) is 6.30 Å². The molecule has 2 aromatic rings. The summed E-state index contributed by atoms with van der Waals surface area (Å²) in [6.45, 7) is 3.19. The summed E-state index contributed by atoms with van der Waals surface area (Å²) < 4.78 is 14.3. The number of halogens is 1. The van der Waals surface area contributed by atoms with Crippen LogP contribution in [0.5, 0.6) is 0 Å². The molecular weight excluding hydrogens is 225 g/mol. The van der Waals surface area contributed by atoms with Gasteiger partial charge in [0.25, 0.3) is 0 Å². The molecule has 1 aromatic heterocycles. The van der Waals surface area contributed by atoms with Gasteiger partial charge in [-0.2, -0.15) is 0 Å². The second-order valence-corrected chi connectivity index (χ2v) is 3.54. The fraction of sp³-hybridized carbons (Fsp3) is 0.0833. The molecule has 1 atom stereocenters. The minimum atomic E-state index is -1.65. The largest absolute Gasteiger partial charge is 0.477 e. The van der Waals surface area contributed by atoms with E-state index in [9.17, 15) is 14.0 Å². The summed E-state index contributed by atoms with van der Waals surface area (Å²) in [6, 6.07) is 6.24. The Morgan fingerprint density at radius 2 is 2.06 bits per heavy atom. The summed E-state index contributed by atoms with van der Waals surface area (Å²) in [7, 11) is 0. The Morgan fingerprint density at radius 3 is 2.65 bits per heavy atom. The van der Waals surface area contributed by atoms with Crippen LogP contribution in [0.25, 0.3) is 10.9 Å². The molecule has 5 heteroatoms. The molecule has 1 aromatic carbocycles. The third-order valence-electron chi connectivity index (χ3n) is 2.47. The summed E-state index contributed by atoms with van der Waals surface area (Å²) in [5.74, 6) is -1.38. The Bertz CT molecular complexity index is 646. The number of pyridine rings is 1. The van der Waals surface area contributed by atoms with E-state index in [1.807, 2.05) is 0 Å². The molecule has 1 unspecified atom stereocenters. The third kappa shape index (κ3) is 1.80. The predicted molar refractivity (Wildman–Crippen MR) is 60.7 cm³/mol. The van der Waals surface area contributed by atoms with Crippen molar-refractivity contribution in [2.24, 2.45) is 0 Å². The maximum absolute atomic E-state index is 13.3. The maximum atomic E-state index is 13.3. The highest BCUT2D eigenvalue weighted by atomic mass is 19.1. The van der Waals surface area contributed by atoms with E-state index in [1.54, 1.807) is 18.2 Å². The Labute approximate surface area is 95.9 Å². The van der Waals surface area contributed by atoms with Gasteiger partial charge < -0.3 is 9.67 Å². The molecule has 2 rings (SSSR count). The van der Waals surface area contributed by atoms with Gasteiger partial charge in [0.05, 0.1) is 5.52 Å². The lowest BCUT2D eigenvalue weighted by Crippen LogP contribution is -2.19. The number of hydrogen-bond donors (Lipinski definition) is 1. The van der Waals surface area contributed by atoms with Crippen LogP contribution in [0.3, 0.4) is 0 Å². The van der Waals surface area contributed by atoms with Crippen LogP contribution in [0.4, 0.5) is 4.39 Å². The van der Waals surface area contributed by atoms with Crippen molar-refractivity contribution in [3.63, 3.8) is 0 Å². The number of fused-ring (bicyclic) bond motifs is 1. The van der Waals surface area contributed by atoms with Gasteiger partial charge in [0, 0.05) is 18.5 Å². The normalized spacial score (nSPS) is 12.6. The van der Waals surface area contributed by atoms with Gasteiger partial charge in [0.2, 0.25) is 5.43 Å². The Hall–Kier alpha value is -2.17. The van der Waals surface area contributed by atoms with Crippen LogP contribution in [0.15, 0.2) is 35.3 Å². The molecule has 1 radical (unpaired) electrons. The van der Waals surface area contributed by atoms with Crippen LogP contribution in [0, 0.1) is 6.92 Å². The Kier molecular flexibility index (Phi) is 2.67. The molecule has 0 amide bonds. The molecule has 0 saturated carbocycles. The first-order valence-corrected chi connectivity index (χ1v) is 4.86. The molecule has 4 nitrogen and oxygen atoms in total. The first kappa shape index (κ1) is 11.3. The number of rotatable bonds is 2. The van der Waals surface area contributed by atoms with E-state index in [4.69, 9.17) is 5.11 Å². The second-order valence-electron chi connectivity index (χ2n) is 3.54. The zero-order chi connectivity index (χ0) is 12.6. The molecule has 1 heterocycles. The number of carbonyl (C=O) groups is 1. The highest BCUT2D eigenvalue weighted by molar-refractivity contribution is 5.92. The van der Waals surface area contributed by atoms with E-state index in [-0.39, 0.29) is 5.39 Å². The summed E-state index contributed by atoms with van der Waals surface area (Å²) in [6.07, 6.45) is -0.677. The topological polar surface area (TPSA) is 59.3 Å². The summed E-state index contributed by atoms with van der Waals surface area (Å²) in [5, 5.41) is 9.04. The van der Waals surface area contributed by atoms with Crippen LogP contribution < -0.4 is 5.43 Å². The van der Waals surface area contributed by atoms with E-state index >= 15 is 0 Å². The number of para-hydroxylation sites is 1. The van der Waals surface area contributed by atoms with E-state index in [0.717, 1.165) is 10.8 Å². The average molecular weight is 234 g/mol. The Balaban J connectivity index is 2.95. The van der Waals surface area contributed by atoms with Gasteiger partial charge in [-0.25, -0.2) is 9.18 Å². The fourth-order valence-electron chi connectivity index (χ4n) is 1.69. The van der Waals surface area contributed by atoms with Gasteiger partial charge in [0.15, 0.2) is 6.30 Å². The van der Waals surface area contributed by atoms with E-state index in [0.29, 0.717) is 5.52 Å². The first-order valence-electron chi connectivity index (χ1n) is 4.86. The zero-order valence-corrected chi connectivity index (χ0v) is 8.76. The van der Waals surface area contributed by atoms with Crippen LogP contribution in [-0.4, -0.2) is 15.6 Å². The predicted octanol–water partition coefficient (Wildman–Crippen LogP) is 2.00. The number of aromatic nitrogens is 1. The highest BCUT2D eigenvalue weighted by Gasteiger charge is 2.16. The van der Waals surface area contributed by atoms with E-state index in [1.165, 1.54) is 6.07 Å². The standard InChI is InChI=1S/C12H9FNO3/c1-7(13)14-6-9(12(16)17)11(15)8-4-2-3-5-10(8)14/h2-7H,1H2,(H,16,17). The van der Waals surface area contributed by atoms with Crippen molar-refractivity contribution in [3.05, 3.63) is 53.2 Å². The molecule has 0 saturated heterocycles. The van der Waals surface area contributed by atoms with Crippen LogP contribution in [0.1, 0.15) is 16.7 Å². The lowest BCUT2D eigenvalue weighted by atomic mass is 10.1. The van der Waals surface area contributed by atoms with Gasteiger partial charge in [0.1, 0.15) is 5.56 Å². The fourth-order valence-corrected chi connectivity index (χ4v) is 1.69. The van der Waals surface area contributed by atoms with Gasteiger partial charge in [-0.05, 0) is 12.1 Å². The molecule has 0 aliphatic rings. The van der Waals surface area contributed by atoms with Gasteiger partial charge >= 0.3 is 5.97 Å². The van der Waals surface area contributed by atoms with Crippen molar-refractivity contribution in [1.82, 2.24) is 4.57 Å². The summed E-state index contributed by atoms with van der Waals surface area (Å²) >= 11 is 0. The van der Waals surface area contributed by atoms with Crippen LogP contribution in [-0.2, 0) is 0 Å². The molecule has 0 spiro atoms. The number of benzene rings is 1. The third-order valence-corrected chi connectivity index (χ3v) is 2.47. The first-order chi connectivity index (χ1) is 8.02. The molecule has 0 aliphatic heterocycles. The number of alkyl halides is 1. The Morgan fingerprint density at radius 1 is 1.41 bits per heavy atom. The number of nitrogens with zero attached hydrogens (tertiary/aromatic N) is 1. The zero-order valence-electron chi connectivity index (χ0n) is 8.76. The highest BCUT2D eigenvalue weighted by Crippen LogP contribution is 2.17. The molecule has 17 heavy (non-hydrogen) atoms. The average Bonchev–Trinajstić information content (AvgIpc) is 2.29. The summed E-state index contributed by atoms with van der Waals surface area (Å²) in [4.78, 5) is 22.7. The molecule has 0 bridgehead atoms. The van der Waals surface area contributed by atoms with Crippen molar-refractivity contribution in [3.8, 4) is 0 Å². The van der Waals surface area contributed by atoms with Crippen LogP contribution >= 0.6 is 0 Å². The summed E-state index contributed by atoms with van der Waals surface area (Å²) in [5.41, 5.74) is -0.759. The van der Waals surface area contributed by atoms with Gasteiger partial charge in [-0.1, -0.05) is 12.1 Å². The van der Waals surface area contributed by atoms with Gasteiger partial charge in [-0.3, -0.25) is 4.79 Å². The lowest BCUT2D eigenvalue weighted by molar-refractivity contribution is 0.0694. The number of carboxylic acids is 1. The number of carboxylic acid groups (broad SMARTS) is 1. The minimum Gasteiger partial charge on any atom is -0.477 e. The van der Waals surface area contributed by atoms with Gasteiger partial charge in [-0.15, -0.1) is 0 Å². The molecule has 0 aliphatic carbocycles. The van der Waals surface area contributed by atoms with Crippen molar-refractivity contribution >= 4 is 16.9 Å². The smallest absolute Gasteiger partial charge is 0.341 e. The van der Waals surface area contributed by atoms with Crippen molar-refractivity contribution < 1.29 is 14.3 Å².